The molecule has 1 N–H and O–H groups in total. The molecule has 0 radical (unpaired) electrons. The minimum atomic E-state index is -0.0801. The molecule has 2 aromatic rings. The summed E-state index contributed by atoms with van der Waals surface area (Å²) < 4.78 is 10.1. The molecule has 2 atom stereocenters. The Kier molecular flexibility index (Phi) is 4.55. The summed E-state index contributed by atoms with van der Waals surface area (Å²) >= 11 is 1.36. The van der Waals surface area contributed by atoms with E-state index in [0.717, 1.165) is 23.4 Å². The van der Waals surface area contributed by atoms with Gasteiger partial charge in [-0.3, -0.25) is 4.79 Å². The van der Waals surface area contributed by atoms with Crippen molar-refractivity contribution in [3.8, 4) is 11.3 Å². The maximum absolute atomic E-state index is 12.6. The van der Waals surface area contributed by atoms with Crippen molar-refractivity contribution in [1.82, 2.24) is 4.37 Å². The Hall–Kier alpha value is -1.72. The van der Waals surface area contributed by atoms with Gasteiger partial charge in [-0.1, -0.05) is 44.2 Å². The summed E-state index contributed by atoms with van der Waals surface area (Å²) in [6.45, 7) is 4.85. The number of anilines is 1. The predicted molar refractivity (Wildman–Crippen MR) is 88.9 cm³/mol. The van der Waals surface area contributed by atoms with Crippen LogP contribution in [-0.4, -0.2) is 23.0 Å². The minimum absolute atomic E-state index is 0.00627. The van der Waals surface area contributed by atoms with Crippen LogP contribution in [0.15, 0.2) is 35.7 Å². The number of amides is 1. The molecule has 1 fully saturated rings. The second-order valence-corrected chi connectivity index (χ2v) is 6.54. The molecule has 3 rings (SSSR count). The average Bonchev–Trinajstić information content (AvgIpc) is 3.17. The van der Waals surface area contributed by atoms with E-state index >= 15 is 0 Å². The molecule has 0 bridgehead atoms. The number of benzene rings is 1. The molecule has 2 heterocycles. The van der Waals surface area contributed by atoms with Crippen molar-refractivity contribution in [2.24, 2.45) is 11.8 Å². The molecule has 4 nitrogen and oxygen atoms in total. The van der Waals surface area contributed by atoms with Gasteiger partial charge in [-0.05, 0) is 23.9 Å². The first-order chi connectivity index (χ1) is 10.7. The van der Waals surface area contributed by atoms with Crippen LogP contribution >= 0.6 is 11.5 Å². The molecule has 0 spiro atoms. The fraction of sp³-hybridized carbons (Fsp3) is 0.412. The lowest BCUT2D eigenvalue weighted by atomic mass is 9.92. The van der Waals surface area contributed by atoms with Crippen LogP contribution in [0.4, 0.5) is 5.69 Å². The normalized spacial score (nSPS) is 21.2. The summed E-state index contributed by atoms with van der Waals surface area (Å²) in [6, 6.07) is 9.91. The Labute approximate surface area is 134 Å². The number of hydrogen-bond acceptors (Lipinski definition) is 4. The maximum atomic E-state index is 12.6. The van der Waals surface area contributed by atoms with Gasteiger partial charge in [0, 0.05) is 17.6 Å². The van der Waals surface area contributed by atoms with E-state index in [4.69, 9.17) is 4.74 Å². The highest BCUT2D eigenvalue weighted by atomic mass is 32.1. The molecule has 0 aliphatic carbocycles. The van der Waals surface area contributed by atoms with Gasteiger partial charge in [0.05, 0.1) is 17.7 Å². The molecule has 0 unspecified atom stereocenters. The van der Waals surface area contributed by atoms with Crippen molar-refractivity contribution >= 4 is 23.1 Å². The number of ether oxygens (including phenoxy) is 1. The van der Waals surface area contributed by atoms with Gasteiger partial charge < -0.3 is 10.1 Å². The van der Waals surface area contributed by atoms with Crippen LogP contribution in [0.25, 0.3) is 11.3 Å². The molecule has 1 saturated heterocycles. The fourth-order valence-electron chi connectivity index (χ4n) is 2.90. The zero-order valence-corrected chi connectivity index (χ0v) is 13.6. The number of carbonyl (C=O) groups is 1. The predicted octanol–water partition coefficient (Wildman–Crippen LogP) is 3.81. The topological polar surface area (TPSA) is 51.2 Å². The highest BCUT2D eigenvalue weighted by Crippen LogP contribution is 2.31. The second kappa shape index (κ2) is 6.58. The third-order valence-corrected chi connectivity index (χ3v) is 4.63. The first-order valence-corrected chi connectivity index (χ1v) is 8.42. The Morgan fingerprint density at radius 2 is 2.14 bits per heavy atom. The Bertz CT molecular complexity index is 639. The minimum Gasteiger partial charge on any atom is -0.377 e. The third kappa shape index (κ3) is 3.05. The van der Waals surface area contributed by atoms with Gasteiger partial charge >= 0.3 is 0 Å². The summed E-state index contributed by atoms with van der Waals surface area (Å²) in [5, 5.41) is 4.93. The largest absolute Gasteiger partial charge is 0.377 e. The summed E-state index contributed by atoms with van der Waals surface area (Å²) in [7, 11) is 0. The van der Waals surface area contributed by atoms with Crippen molar-refractivity contribution in [3.63, 3.8) is 0 Å². The number of carbonyl (C=O) groups excluding carboxylic acids is 1. The molecule has 116 valence electrons. The van der Waals surface area contributed by atoms with Crippen LogP contribution < -0.4 is 5.32 Å². The van der Waals surface area contributed by atoms with E-state index in [1.54, 1.807) is 0 Å². The quantitative estimate of drug-likeness (QED) is 0.933. The molecule has 0 saturated carbocycles. The van der Waals surface area contributed by atoms with E-state index in [2.05, 4.69) is 23.5 Å². The summed E-state index contributed by atoms with van der Waals surface area (Å²) in [4.78, 5) is 12.6. The zero-order chi connectivity index (χ0) is 15.5. The molecule has 1 aliphatic heterocycles. The van der Waals surface area contributed by atoms with E-state index < -0.39 is 0 Å². The van der Waals surface area contributed by atoms with Crippen molar-refractivity contribution in [2.45, 2.75) is 26.4 Å². The SMILES string of the molecule is CC(C)[C@H]1OCC[C@H]1C(=O)Nc1csnc1-c1ccccc1. The van der Waals surface area contributed by atoms with E-state index in [1.807, 2.05) is 35.7 Å². The lowest BCUT2D eigenvalue weighted by Gasteiger charge is -2.21. The monoisotopic (exact) mass is 316 g/mol. The Morgan fingerprint density at radius 3 is 2.86 bits per heavy atom. The van der Waals surface area contributed by atoms with Gasteiger partial charge in [-0.25, -0.2) is 0 Å². The van der Waals surface area contributed by atoms with E-state index in [-0.39, 0.29) is 17.9 Å². The number of aromatic nitrogens is 1. The number of nitrogens with one attached hydrogen (secondary N) is 1. The zero-order valence-electron chi connectivity index (χ0n) is 12.8. The molecular weight excluding hydrogens is 296 g/mol. The van der Waals surface area contributed by atoms with Gasteiger partial charge in [0.2, 0.25) is 5.91 Å². The summed E-state index contributed by atoms with van der Waals surface area (Å²) in [5.74, 6) is 0.296. The van der Waals surface area contributed by atoms with Crippen LogP contribution in [0.5, 0.6) is 0 Å². The lowest BCUT2D eigenvalue weighted by Crippen LogP contribution is -2.32. The van der Waals surface area contributed by atoms with Crippen molar-refractivity contribution in [3.05, 3.63) is 35.7 Å². The third-order valence-electron chi connectivity index (χ3n) is 4.00. The summed E-state index contributed by atoms with van der Waals surface area (Å²) in [5.41, 5.74) is 2.64. The lowest BCUT2D eigenvalue weighted by molar-refractivity contribution is -0.122. The van der Waals surface area contributed by atoms with Gasteiger partial charge in [0.15, 0.2) is 0 Å². The first kappa shape index (κ1) is 15.2. The number of hydrogen-bond donors (Lipinski definition) is 1. The van der Waals surface area contributed by atoms with E-state index in [9.17, 15) is 4.79 Å². The van der Waals surface area contributed by atoms with Gasteiger partial charge in [0.1, 0.15) is 5.69 Å². The molecule has 22 heavy (non-hydrogen) atoms. The molecule has 1 aromatic carbocycles. The van der Waals surface area contributed by atoms with Gasteiger partial charge in [-0.2, -0.15) is 4.37 Å². The highest BCUT2D eigenvalue weighted by molar-refractivity contribution is 7.04. The van der Waals surface area contributed by atoms with Crippen LogP contribution in [0.2, 0.25) is 0 Å². The maximum Gasteiger partial charge on any atom is 0.230 e. The molecular formula is C17H20N2O2S. The summed E-state index contributed by atoms with van der Waals surface area (Å²) in [6.07, 6.45) is 0.791. The number of nitrogens with zero attached hydrogens (tertiary/aromatic N) is 1. The Balaban J connectivity index is 1.77. The van der Waals surface area contributed by atoms with Crippen molar-refractivity contribution in [2.75, 3.05) is 11.9 Å². The van der Waals surface area contributed by atoms with Gasteiger partial charge in [-0.15, -0.1) is 0 Å². The van der Waals surface area contributed by atoms with E-state index in [0.29, 0.717) is 12.5 Å². The molecule has 1 amide bonds. The fourth-order valence-corrected chi connectivity index (χ4v) is 3.54. The smallest absolute Gasteiger partial charge is 0.230 e. The standard InChI is InChI=1S/C17H20N2O2S/c1-11(2)16-13(8-9-21-16)17(20)18-14-10-22-19-15(14)12-6-4-3-5-7-12/h3-7,10-11,13,16H,8-9H2,1-2H3,(H,18,20)/t13-,16-/m1/s1. The number of rotatable bonds is 4. The Morgan fingerprint density at radius 1 is 1.36 bits per heavy atom. The molecule has 5 heteroatoms. The van der Waals surface area contributed by atoms with Crippen molar-refractivity contribution < 1.29 is 9.53 Å². The average molecular weight is 316 g/mol. The molecule has 1 aliphatic rings. The van der Waals surface area contributed by atoms with Crippen LogP contribution in [0, 0.1) is 11.8 Å². The second-order valence-electron chi connectivity index (χ2n) is 5.91. The molecule has 1 aromatic heterocycles. The van der Waals surface area contributed by atoms with Crippen LogP contribution in [0.1, 0.15) is 20.3 Å². The van der Waals surface area contributed by atoms with Crippen LogP contribution in [-0.2, 0) is 9.53 Å². The van der Waals surface area contributed by atoms with Crippen molar-refractivity contribution in [1.29, 1.82) is 0 Å². The van der Waals surface area contributed by atoms with Crippen LogP contribution in [0.3, 0.4) is 0 Å². The van der Waals surface area contributed by atoms with E-state index in [1.165, 1.54) is 11.5 Å². The first-order valence-electron chi connectivity index (χ1n) is 7.59. The van der Waals surface area contributed by atoms with Gasteiger partial charge in [0.25, 0.3) is 0 Å². The highest BCUT2D eigenvalue weighted by Gasteiger charge is 2.36.